The third-order valence-corrected chi connectivity index (χ3v) is 3.57. The first-order valence-corrected chi connectivity index (χ1v) is 5.28. The molecule has 0 aromatic carbocycles. The molecule has 0 aliphatic rings. The molecular weight excluding hydrogens is 202 g/mol. The number of carbonyl (C=O) groups excluding carboxylic acids is 1. The van der Waals surface area contributed by atoms with E-state index in [9.17, 15) is 4.79 Å². The van der Waals surface area contributed by atoms with Crippen molar-refractivity contribution in [1.29, 1.82) is 0 Å². The van der Waals surface area contributed by atoms with Gasteiger partial charge in [-0.3, -0.25) is 4.79 Å². The molecule has 0 radical (unpaired) electrons. The fraction of sp³-hybridized carbons (Fsp3) is 0.333. The van der Waals surface area contributed by atoms with Gasteiger partial charge in [-0.15, -0.1) is 11.3 Å². The van der Waals surface area contributed by atoms with Crippen LogP contribution in [0.25, 0.3) is 0 Å². The Morgan fingerprint density at radius 3 is 2.64 bits per heavy atom. The lowest BCUT2D eigenvalue weighted by Gasteiger charge is -1.83. The Morgan fingerprint density at radius 2 is 2.36 bits per heavy atom. The first kappa shape index (κ1) is 9.03. The maximum Gasteiger partial charge on any atom is 0.264 e. The van der Waals surface area contributed by atoms with Gasteiger partial charge in [-0.1, -0.05) is 11.8 Å². The second-order valence-electron chi connectivity index (χ2n) is 1.87. The average Bonchev–Trinajstić information content (AvgIpc) is 2.30. The topological polar surface area (TPSA) is 30.0 Å². The van der Waals surface area contributed by atoms with Gasteiger partial charge in [0.1, 0.15) is 4.88 Å². The Morgan fingerprint density at radius 1 is 1.73 bits per heavy atom. The molecule has 0 aliphatic heterocycles. The van der Waals surface area contributed by atoms with Crippen LogP contribution in [0.2, 0.25) is 0 Å². The summed E-state index contributed by atoms with van der Waals surface area (Å²) in [5.74, 6) is 0. The Balaban J connectivity index is 3.07. The smallest absolute Gasteiger partial charge is 0.264 e. The molecular formula is C6H6ClNOS2. The number of hydrogen-bond acceptors (Lipinski definition) is 4. The monoisotopic (exact) mass is 207 g/mol. The molecule has 2 nitrogen and oxygen atoms in total. The summed E-state index contributed by atoms with van der Waals surface area (Å²) in [5.41, 5.74) is 0.722. The molecule has 0 fully saturated rings. The Labute approximate surface area is 78.0 Å². The molecule has 0 bridgehead atoms. The summed E-state index contributed by atoms with van der Waals surface area (Å²) in [6, 6.07) is 0. The second kappa shape index (κ2) is 3.56. The molecule has 0 N–H and O–H groups in total. The quantitative estimate of drug-likeness (QED) is 0.552. The molecule has 0 saturated heterocycles. The van der Waals surface area contributed by atoms with Crippen LogP contribution in [0, 0.1) is 6.92 Å². The van der Waals surface area contributed by atoms with Gasteiger partial charge >= 0.3 is 0 Å². The summed E-state index contributed by atoms with van der Waals surface area (Å²) < 4.78 is 0.881. The highest BCUT2D eigenvalue weighted by molar-refractivity contribution is 8.00. The molecule has 60 valence electrons. The third-order valence-electron chi connectivity index (χ3n) is 1.13. The van der Waals surface area contributed by atoms with Crippen molar-refractivity contribution < 1.29 is 4.79 Å². The summed E-state index contributed by atoms with van der Waals surface area (Å²) in [7, 11) is 0. The van der Waals surface area contributed by atoms with Crippen molar-refractivity contribution in [3.8, 4) is 0 Å². The van der Waals surface area contributed by atoms with Crippen molar-refractivity contribution in [2.75, 3.05) is 6.26 Å². The van der Waals surface area contributed by atoms with Gasteiger partial charge in [-0.2, -0.15) is 0 Å². The number of nitrogens with zero attached hydrogens (tertiary/aromatic N) is 1. The van der Waals surface area contributed by atoms with Crippen LogP contribution in [0.4, 0.5) is 0 Å². The number of aryl methyl sites for hydroxylation is 1. The number of thiazole rings is 1. The molecule has 5 heteroatoms. The van der Waals surface area contributed by atoms with E-state index in [2.05, 4.69) is 4.98 Å². The number of carbonyl (C=O) groups is 1. The highest BCUT2D eigenvalue weighted by Gasteiger charge is 2.11. The fourth-order valence-corrected chi connectivity index (χ4v) is 2.34. The largest absolute Gasteiger partial charge is 0.275 e. The molecule has 1 rings (SSSR count). The van der Waals surface area contributed by atoms with E-state index in [4.69, 9.17) is 11.6 Å². The minimum Gasteiger partial charge on any atom is -0.275 e. The molecule has 0 atom stereocenters. The summed E-state index contributed by atoms with van der Waals surface area (Å²) in [4.78, 5) is 15.4. The molecule has 11 heavy (non-hydrogen) atoms. The zero-order valence-corrected chi connectivity index (χ0v) is 8.44. The molecule has 0 unspecified atom stereocenters. The SMILES string of the molecule is CSc1nc(C)c(C(=O)Cl)s1. The van der Waals surface area contributed by atoms with Crippen molar-refractivity contribution >= 4 is 39.9 Å². The van der Waals surface area contributed by atoms with Gasteiger partial charge in [0.2, 0.25) is 0 Å². The van der Waals surface area contributed by atoms with E-state index in [1.807, 2.05) is 6.26 Å². The highest BCUT2D eigenvalue weighted by atomic mass is 35.5. The number of halogens is 1. The molecule has 1 aromatic heterocycles. The van der Waals surface area contributed by atoms with E-state index in [1.165, 1.54) is 23.1 Å². The number of thioether (sulfide) groups is 1. The van der Waals surface area contributed by atoms with Crippen LogP contribution < -0.4 is 0 Å². The van der Waals surface area contributed by atoms with Crippen LogP contribution in [0.3, 0.4) is 0 Å². The maximum atomic E-state index is 10.7. The van der Waals surface area contributed by atoms with Crippen molar-refractivity contribution in [3.63, 3.8) is 0 Å². The molecule has 0 saturated carbocycles. The first-order valence-electron chi connectivity index (χ1n) is 2.86. The van der Waals surface area contributed by atoms with Crippen molar-refractivity contribution in [2.45, 2.75) is 11.3 Å². The fourth-order valence-electron chi connectivity index (χ4n) is 0.641. The van der Waals surface area contributed by atoms with Gasteiger partial charge in [0, 0.05) is 0 Å². The van der Waals surface area contributed by atoms with E-state index in [0.29, 0.717) is 4.88 Å². The van der Waals surface area contributed by atoms with E-state index < -0.39 is 5.24 Å². The molecule has 1 heterocycles. The van der Waals surface area contributed by atoms with Crippen LogP contribution in [-0.2, 0) is 0 Å². The average molecular weight is 208 g/mol. The predicted octanol–water partition coefficient (Wildman–Crippen LogP) is 2.55. The maximum absolute atomic E-state index is 10.7. The van der Waals surface area contributed by atoms with E-state index in [0.717, 1.165) is 10.0 Å². The molecule has 0 aliphatic carbocycles. The number of aromatic nitrogens is 1. The minimum atomic E-state index is -0.416. The second-order valence-corrected chi connectivity index (χ2v) is 4.27. The van der Waals surface area contributed by atoms with E-state index >= 15 is 0 Å². The van der Waals surface area contributed by atoms with Crippen LogP contribution in [0.15, 0.2) is 4.34 Å². The van der Waals surface area contributed by atoms with Gasteiger partial charge in [0.25, 0.3) is 5.24 Å². The molecule has 0 amide bonds. The van der Waals surface area contributed by atoms with Gasteiger partial charge in [-0.25, -0.2) is 4.98 Å². The zero-order valence-electron chi connectivity index (χ0n) is 6.05. The van der Waals surface area contributed by atoms with E-state index in [1.54, 1.807) is 6.92 Å². The van der Waals surface area contributed by atoms with Crippen molar-refractivity contribution in [2.24, 2.45) is 0 Å². The number of rotatable bonds is 2. The van der Waals surface area contributed by atoms with Crippen LogP contribution in [0.1, 0.15) is 15.4 Å². The van der Waals surface area contributed by atoms with Gasteiger partial charge in [0.15, 0.2) is 4.34 Å². The summed E-state index contributed by atoms with van der Waals surface area (Å²) in [6.07, 6.45) is 1.92. The predicted molar refractivity (Wildman–Crippen MR) is 48.8 cm³/mol. The van der Waals surface area contributed by atoms with Gasteiger partial charge in [0.05, 0.1) is 5.69 Å². The molecule has 1 aromatic rings. The zero-order chi connectivity index (χ0) is 8.43. The van der Waals surface area contributed by atoms with Gasteiger partial charge < -0.3 is 0 Å². The molecule has 0 spiro atoms. The van der Waals surface area contributed by atoms with Crippen molar-refractivity contribution in [1.82, 2.24) is 4.98 Å². The number of hydrogen-bond donors (Lipinski definition) is 0. The Hall–Kier alpha value is -0.0600. The van der Waals surface area contributed by atoms with Crippen LogP contribution in [0.5, 0.6) is 0 Å². The summed E-state index contributed by atoms with van der Waals surface area (Å²) >= 11 is 8.16. The Kier molecular flexibility index (Phi) is 2.92. The first-order chi connectivity index (χ1) is 5.15. The normalized spacial score (nSPS) is 10.1. The van der Waals surface area contributed by atoms with E-state index in [-0.39, 0.29) is 0 Å². The van der Waals surface area contributed by atoms with Gasteiger partial charge in [-0.05, 0) is 24.8 Å². The summed E-state index contributed by atoms with van der Waals surface area (Å²) in [6.45, 7) is 1.78. The van der Waals surface area contributed by atoms with Crippen LogP contribution in [-0.4, -0.2) is 16.5 Å². The lowest BCUT2D eigenvalue weighted by atomic mass is 10.4. The Bertz CT molecular complexity index is 284. The summed E-state index contributed by atoms with van der Waals surface area (Å²) in [5, 5.41) is -0.416. The lowest BCUT2D eigenvalue weighted by Crippen LogP contribution is -1.85. The minimum absolute atomic E-state index is 0.416. The van der Waals surface area contributed by atoms with Crippen molar-refractivity contribution in [3.05, 3.63) is 10.6 Å². The third kappa shape index (κ3) is 1.95. The lowest BCUT2D eigenvalue weighted by molar-refractivity contribution is 0.108. The highest BCUT2D eigenvalue weighted by Crippen LogP contribution is 2.26. The van der Waals surface area contributed by atoms with Crippen LogP contribution >= 0.6 is 34.7 Å². The standard InChI is InChI=1S/C6H6ClNOS2/c1-3-4(5(7)9)11-6(8-3)10-2/h1-2H3.